The third kappa shape index (κ3) is 4.98. The molecule has 0 amide bonds. The maximum Gasteiger partial charge on any atom is 0.304 e. The quantitative estimate of drug-likeness (QED) is 0.331. The molecule has 0 aliphatic heterocycles. The highest BCUT2D eigenvalue weighted by atomic mass is 32.2. The topological polar surface area (TPSA) is 113 Å². The van der Waals surface area contributed by atoms with Gasteiger partial charge in [0.25, 0.3) is 10.0 Å². The number of fused-ring (bicyclic) bond motifs is 1. The first-order valence-electron chi connectivity index (χ1n) is 9.17. The number of nitrogens with one attached hydrogen (secondary N) is 1. The molecule has 0 atom stereocenters. The van der Waals surface area contributed by atoms with Crippen LogP contribution in [0.15, 0.2) is 64.4 Å². The molecule has 0 radical (unpaired) electrons. The van der Waals surface area contributed by atoms with Crippen molar-refractivity contribution in [3.8, 4) is 11.5 Å². The van der Waals surface area contributed by atoms with Crippen LogP contribution in [-0.2, 0) is 14.8 Å². The number of sulfonamides is 1. The summed E-state index contributed by atoms with van der Waals surface area (Å²) in [6.45, 7) is 2.32. The summed E-state index contributed by atoms with van der Waals surface area (Å²) in [5.74, 6) is -0.139. The van der Waals surface area contributed by atoms with Gasteiger partial charge in [-0.15, -0.1) is 11.8 Å². The van der Waals surface area contributed by atoms with Gasteiger partial charge >= 0.3 is 5.97 Å². The summed E-state index contributed by atoms with van der Waals surface area (Å²) in [5.41, 5.74) is 0.301. The first kappa shape index (κ1) is 21.8. The normalized spacial score (nSPS) is 11.4. The van der Waals surface area contributed by atoms with Crippen LogP contribution in [0.1, 0.15) is 13.3 Å². The number of phenolic OH excluding ortho intramolecular Hbond substituents is 1. The fourth-order valence-corrected chi connectivity index (χ4v) is 4.88. The molecule has 9 heteroatoms. The number of hydrogen-bond donors (Lipinski definition) is 3. The van der Waals surface area contributed by atoms with Crippen molar-refractivity contribution in [2.24, 2.45) is 0 Å². The standard InChI is InChI=1S/C21H21NO6S2/c1-2-28-14-7-9-15(10-8-14)30(26,27)22-18-13-19(29-12-11-20(23)24)21(25)17-6-4-3-5-16(17)18/h3-10,13,22,25H,2,11-12H2,1H3,(H,23,24). The number of ether oxygens (including phenoxy) is 1. The molecule has 0 fully saturated rings. The van der Waals surface area contributed by atoms with Gasteiger partial charge in [0.05, 0.1) is 28.5 Å². The zero-order valence-corrected chi connectivity index (χ0v) is 17.8. The van der Waals surface area contributed by atoms with Crippen molar-refractivity contribution in [1.82, 2.24) is 0 Å². The van der Waals surface area contributed by atoms with Crippen LogP contribution in [0.3, 0.4) is 0 Å². The van der Waals surface area contributed by atoms with E-state index in [2.05, 4.69) is 4.72 Å². The number of rotatable bonds is 9. The average molecular weight is 448 g/mol. The molecule has 0 saturated heterocycles. The number of hydrogen-bond acceptors (Lipinski definition) is 6. The molecule has 3 aromatic rings. The first-order valence-corrected chi connectivity index (χ1v) is 11.6. The van der Waals surface area contributed by atoms with E-state index in [4.69, 9.17) is 9.84 Å². The van der Waals surface area contributed by atoms with Crippen LogP contribution < -0.4 is 9.46 Å². The Kier molecular flexibility index (Phi) is 6.73. The van der Waals surface area contributed by atoms with Crippen molar-refractivity contribution in [2.75, 3.05) is 17.1 Å². The molecule has 0 spiro atoms. The summed E-state index contributed by atoms with van der Waals surface area (Å²) in [4.78, 5) is 11.3. The number of benzene rings is 3. The van der Waals surface area contributed by atoms with Gasteiger partial charge in [0.1, 0.15) is 11.5 Å². The van der Waals surface area contributed by atoms with Crippen LogP contribution in [0.5, 0.6) is 11.5 Å². The molecule has 158 valence electrons. The van der Waals surface area contributed by atoms with Crippen LogP contribution >= 0.6 is 11.8 Å². The van der Waals surface area contributed by atoms with Gasteiger partial charge in [-0.1, -0.05) is 24.3 Å². The number of thioether (sulfide) groups is 1. The molecule has 3 rings (SSSR count). The van der Waals surface area contributed by atoms with E-state index in [0.717, 1.165) is 11.8 Å². The van der Waals surface area contributed by atoms with Gasteiger partial charge in [-0.2, -0.15) is 0 Å². The third-order valence-electron chi connectivity index (χ3n) is 4.24. The predicted molar refractivity (Wildman–Crippen MR) is 117 cm³/mol. The van der Waals surface area contributed by atoms with E-state index in [1.165, 1.54) is 18.2 Å². The fourth-order valence-electron chi connectivity index (χ4n) is 2.86. The highest BCUT2D eigenvalue weighted by molar-refractivity contribution is 7.99. The summed E-state index contributed by atoms with van der Waals surface area (Å²) in [5, 5.41) is 20.4. The Bertz CT molecular complexity index is 1160. The third-order valence-corrected chi connectivity index (χ3v) is 6.66. The monoisotopic (exact) mass is 447 g/mol. The zero-order valence-electron chi connectivity index (χ0n) is 16.2. The second kappa shape index (κ2) is 9.27. The van der Waals surface area contributed by atoms with Crippen LogP contribution in [0.25, 0.3) is 10.8 Å². The van der Waals surface area contributed by atoms with E-state index < -0.39 is 16.0 Å². The van der Waals surface area contributed by atoms with Gasteiger partial charge in [0, 0.05) is 16.5 Å². The van der Waals surface area contributed by atoms with Crippen molar-refractivity contribution in [3.05, 3.63) is 54.6 Å². The maximum absolute atomic E-state index is 12.9. The largest absolute Gasteiger partial charge is 0.506 e. The Labute approximate surface area is 178 Å². The van der Waals surface area contributed by atoms with Crippen molar-refractivity contribution in [2.45, 2.75) is 23.1 Å². The minimum Gasteiger partial charge on any atom is -0.506 e. The lowest BCUT2D eigenvalue weighted by molar-refractivity contribution is -0.136. The van der Waals surface area contributed by atoms with Crippen LogP contribution in [0.2, 0.25) is 0 Å². The number of aliphatic carboxylic acids is 1. The molecule has 0 saturated carbocycles. The molecule has 0 heterocycles. The smallest absolute Gasteiger partial charge is 0.304 e. The Morgan fingerprint density at radius 1 is 1.10 bits per heavy atom. The Morgan fingerprint density at radius 2 is 1.77 bits per heavy atom. The molecule has 0 bridgehead atoms. The van der Waals surface area contributed by atoms with Crippen LogP contribution in [0, 0.1) is 0 Å². The number of carbonyl (C=O) groups is 1. The van der Waals surface area contributed by atoms with Gasteiger partial charge in [0.2, 0.25) is 0 Å². The summed E-state index contributed by atoms with van der Waals surface area (Å²) in [6.07, 6.45) is -0.0792. The molecular formula is C21H21NO6S2. The average Bonchev–Trinajstić information content (AvgIpc) is 2.71. The lowest BCUT2D eigenvalue weighted by Gasteiger charge is -2.15. The van der Waals surface area contributed by atoms with Crippen molar-refractivity contribution in [1.29, 1.82) is 0 Å². The van der Waals surface area contributed by atoms with E-state index in [-0.39, 0.29) is 22.8 Å². The number of phenols is 1. The molecule has 3 aromatic carbocycles. The molecule has 0 aliphatic carbocycles. The minimum absolute atomic E-state index is 0.00926. The van der Waals surface area contributed by atoms with Gasteiger partial charge in [-0.3, -0.25) is 9.52 Å². The second-order valence-corrected chi connectivity index (χ2v) is 9.14. The van der Waals surface area contributed by atoms with Crippen LogP contribution in [0.4, 0.5) is 5.69 Å². The Hall–Kier alpha value is -2.91. The lowest BCUT2D eigenvalue weighted by Crippen LogP contribution is -2.13. The molecule has 0 aliphatic rings. The Balaban J connectivity index is 1.97. The molecule has 3 N–H and O–H groups in total. The van der Waals surface area contributed by atoms with Crippen LogP contribution in [-0.4, -0.2) is 37.0 Å². The molecule has 30 heavy (non-hydrogen) atoms. The summed E-state index contributed by atoms with van der Waals surface area (Å²) in [6, 6.07) is 14.5. The van der Waals surface area contributed by atoms with E-state index >= 15 is 0 Å². The first-order chi connectivity index (χ1) is 14.3. The van der Waals surface area contributed by atoms with Gasteiger partial charge in [-0.25, -0.2) is 8.42 Å². The molecule has 0 aromatic heterocycles. The highest BCUT2D eigenvalue weighted by Crippen LogP contribution is 2.40. The summed E-state index contributed by atoms with van der Waals surface area (Å²) in [7, 11) is -3.89. The number of anilines is 1. The lowest BCUT2D eigenvalue weighted by atomic mass is 10.1. The van der Waals surface area contributed by atoms with Crippen molar-refractivity contribution >= 4 is 44.2 Å². The minimum atomic E-state index is -3.89. The Morgan fingerprint density at radius 3 is 2.40 bits per heavy atom. The van der Waals surface area contributed by atoms with Gasteiger partial charge < -0.3 is 14.9 Å². The second-order valence-electron chi connectivity index (χ2n) is 6.32. The highest BCUT2D eigenvalue weighted by Gasteiger charge is 2.19. The van der Waals surface area contributed by atoms with Gasteiger partial charge in [0.15, 0.2) is 0 Å². The van der Waals surface area contributed by atoms with E-state index in [0.29, 0.717) is 33.7 Å². The van der Waals surface area contributed by atoms with E-state index in [1.807, 2.05) is 6.92 Å². The van der Waals surface area contributed by atoms with Crippen molar-refractivity contribution < 1.29 is 28.2 Å². The maximum atomic E-state index is 12.9. The number of carboxylic acids is 1. The van der Waals surface area contributed by atoms with Crippen molar-refractivity contribution in [3.63, 3.8) is 0 Å². The fraction of sp³-hybridized carbons (Fsp3) is 0.190. The molecule has 0 unspecified atom stereocenters. The molecular weight excluding hydrogens is 426 g/mol. The van der Waals surface area contributed by atoms with E-state index in [9.17, 15) is 18.3 Å². The summed E-state index contributed by atoms with van der Waals surface area (Å²) >= 11 is 1.15. The SMILES string of the molecule is CCOc1ccc(S(=O)(=O)Nc2cc(SCCC(=O)O)c(O)c3ccccc23)cc1. The predicted octanol–water partition coefficient (Wildman–Crippen LogP) is 4.31. The van der Waals surface area contributed by atoms with E-state index in [1.54, 1.807) is 36.4 Å². The number of aromatic hydroxyl groups is 1. The number of carboxylic acid groups (broad SMARTS) is 1. The molecule has 7 nitrogen and oxygen atoms in total. The van der Waals surface area contributed by atoms with Gasteiger partial charge in [-0.05, 0) is 37.3 Å². The zero-order chi connectivity index (χ0) is 21.7. The summed E-state index contributed by atoms with van der Waals surface area (Å²) < 4.78 is 33.8.